The van der Waals surface area contributed by atoms with Crippen LogP contribution in [0.4, 0.5) is 4.39 Å². The van der Waals surface area contributed by atoms with E-state index in [2.05, 4.69) is 10.4 Å². The fraction of sp³-hybridized carbons (Fsp3) is 0.231. The Balaban J connectivity index is 2.04. The lowest BCUT2D eigenvalue weighted by molar-refractivity contribution is 0.0950. The van der Waals surface area contributed by atoms with Gasteiger partial charge in [0.05, 0.1) is 23.5 Å². The van der Waals surface area contributed by atoms with Gasteiger partial charge in [-0.3, -0.25) is 9.48 Å². The standard InChI is InChI=1S/C13H13ClFN3O/c1-2-18-12(11(14)7-17-18)8-16-13(19)9-3-5-10(15)6-4-9/h3-7H,2,8H2,1H3,(H,16,19). The van der Waals surface area contributed by atoms with Crippen molar-refractivity contribution in [1.29, 1.82) is 0 Å². The number of nitrogens with zero attached hydrogens (tertiary/aromatic N) is 2. The third-order valence-corrected chi connectivity index (χ3v) is 3.04. The first kappa shape index (κ1) is 13.5. The number of aryl methyl sites for hydroxylation is 1. The molecule has 4 nitrogen and oxygen atoms in total. The van der Waals surface area contributed by atoms with Crippen LogP contribution in [-0.2, 0) is 13.1 Å². The molecule has 0 bridgehead atoms. The number of rotatable bonds is 4. The molecule has 0 saturated carbocycles. The molecule has 0 aliphatic rings. The minimum Gasteiger partial charge on any atom is -0.346 e. The molecule has 2 aromatic rings. The van der Waals surface area contributed by atoms with E-state index in [0.29, 0.717) is 17.1 Å². The Morgan fingerprint density at radius 2 is 2.11 bits per heavy atom. The molecule has 1 aromatic heterocycles. The summed E-state index contributed by atoms with van der Waals surface area (Å²) in [6.07, 6.45) is 1.55. The molecular weight excluding hydrogens is 269 g/mol. The average molecular weight is 282 g/mol. The van der Waals surface area contributed by atoms with Crippen LogP contribution >= 0.6 is 11.6 Å². The predicted octanol–water partition coefficient (Wildman–Crippen LogP) is 2.63. The number of hydrogen-bond acceptors (Lipinski definition) is 2. The van der Waals surface area contributed by atoms with Gasteiger partial charge >= 0.3 is 0 Å². The highest BCUT2D eigenvalue weighted by Crippen LogP contribution is 2.14. The van der Waals surface area contributed by atoms with Crippen LogP contribution in [0.1, 0.15) is 23.0 Å². The lowest BCUT2D eigenvalue weighted by Crippen LogP contribution is -2.24. The van der Waals surface area contributed by atoms with Crippen molar-refractivity contribution in [3.63, 3.8) is 0 Å². The zero-order valence-corrected chi connectivity index (χ0v) is 11.1. The molecule has 0 radical (unpaired) electrons. The normalized spacial score (nSPS) is 10.5. The van der Waals surface area contributed by atoms with Crippen molar-refractivity contribution in [1.82, 2.24) is 15.1 Å². The highest BCUT2D eigenvalue weighted by molar-refractivity contribution is 6.31. The second-order valence-electron chi connectivity index (χ2n) is 3.94. The molecule has 1 N–H and O–H groups in total. The molecule has 19 heavy (non-hydrogen) atoms. The Bertz CT molecular complexity index is 580. The number of hydrogen-bond donors (Lipinski definition) is 1. The third kappa shape index (κ3) is 3.12. The molecule has 0 unspecified atom stereocenters. The van der Waals surface area contributed by atoms with Gasteiger partial charge in [0.15, 0.2) is 0 Å². The number of benzene rings is 1. The van der Waals surface area contributed by atoms with Crippen molar-refractivity contribution in [2.24, 2.45) is 0 Å². The Kier molecular flexibility index (Phi) is 4.16. The first-order chi connectivity index (χ1) is 9.11. The van der Waals surface area contributed by atoms with Gasteiger partial charge in [-0.05, 0) is 31.2 Å². The van der Waals surface area contributed by atoms with E-state index >= 15 is 0 Å². The van der Waals surface area contributed by atoms with Crippen molar-refractivity contribution < 1.29 is 9.18 Å². The van der Waals surface area contributed by atoms with Crippen molar-refractivity contribution in [2.75, 3.05) is 0 Å². The Labute approximate surface area is 115 Å². The first-order valence-corrected chi connectivity index (χ1v) is 6.23. The van der Waals surface area contributed by atoms with Gasteiger partial charge in [0.1, 0.15) is 5.82 Å². The molecule has 1 amide bonds. The van der Waals surface area contributed by atoms with Crippen molar-refractivity contribution in [2.45, 2.75) is 20.0 Å². The minimum absolute atomic E-state index is 0.278. The Hall–Kier alpha value is -1.88. The fourth-order valence-corrected chi connectivity index (χ4v) is 1.91. The Morgan fingerprint density at radius 1 is 1.42 bits per heavy atom. The molecule has 100 valence electrons. The summed E-state index contributed by atoms with van der Waals surface area (Å²) in [4.78, 5) is 11.9. The van der Waals surface area contributed by atoms with Crippen LogP contribution in [-0.4, -0.2) is 15.7 Å². The molecule has 1 heterocycles. The SMILES string of the molecule is CCn1ncc(Cl)c1CNC(=O)c1ccc(F)cc1. The predicted molar refractivity (Wildman–Crippen MR) is 70.5 cm³/mol. The topological polar surface area (TPSA) is 46.9 Å². The van der Waals surface area contributed by atoms with Crippen LogP contribution < -0.4 is 5.32 Å². The van der Waals surface area contributed by atoms with Gasteiger partial charge < -0.3 is 5.32 Å². The van der Waals surface area contributed by atoms with E-state index in [-0.39, 0.29) is 18.3 Å². The van der Waals surface area contributed by atoms with Crippen molar-refractivity contribution in [3.8, 4) is 0 Å². The maximum absolute atomic E-state index is 12.8. The molecule has 0 saturated heterocycles. The van der Waals surface area contributed by atoms with Crippen LogP contribution in [0.25, 0.3) is 0 Å². The van der Waals surface area contributed by atoms with Crippen LogP contribution in [0.15, 0.2) is 30.5 Å². The highest BCUT2D eigenvalue weighted by Gasteiger charge is 2.10. The van der Waals surface area contributed by atoms with Crippen LogP contribution in [0.2, 0.25) is 5.02 Å². The van der Waals surface area contributed by atoms with Gasteiger partial charge in [0.2, 0.25) is 0 Å². The van der Waals surface area contributed by atoms with Gasteiger partial charge in [-0.25, -0.2) is 4.39 Å². The van der Waals surface area contributed by atoms with E-state index in [4.69, 9.17) is 11.6 Å². The van der Waals surface area contributed by atoms with Gasteiger partial charge in [-0.1, -0.05) is 11.6 Å². The molecule has 0 spiro atoms. The summed E-state index contributed by atoms with van der Waals surface area (Å²) in [6.45, 7) is 2.89. The Morgan fingerprint density at radius 3 is 2.74 bits per heavy atom. The molecule has 0 aliphatic carbocycles. The van der Waals surface area contributed by atoms with E-state index < -0.39 is 0 Å². The largest absolute Gasteiger partial charge is 0.346 e. The number of carbonyl (C=O) groups excluding carboxylic acids is 1. The van der Waals surface area contributed by atoms with Gasteiger partial charge in [-0.2, -0.15) is 5.10 Å². The van der Waals surface area contributed by atoms with E-state index in [0.717, 1.165) is 5.69 Å². The molecule has 6 heteroatoms. The second kappa shape index (κ2) is 5.84. The number of halogens is 2. The van der Waals surface area contributed by atoms with E-state index in [1.165, 1.54) is 24.3 Å². The van der Waals surface area contributed by atoms with Crippen LogP contribution in [0.5, 0.6) is 0 Å². The lowest BCUT2D eigenvalue weighted by Gasteiger charge is -2.07. The molecule has 0 aliphatic heterocycles. The molecule has 0 fully saturated rings. The highest BCUT2D eigenvalue weighted by atomic mass is 35.5. The van der Waals surface area contributed by atoms with Gasteiger partial charge in [0, 0.05) is 12.1 Å². The summed E-state index contributed by atoms with van der Waals surface area (Å²) in [5, 5.41) is 7.33. The number of amides is 1. The second-order valence-corrected chi connectivity index (χ2v) is 4.35. The van der Waals surface area contributed by atoms with Gasteiger partial charge in [0.25, 0.3) is 5.91 Å². The summed E-state index contributed by atoms with van der Waals surface area (Å²) >= 11 is 5.99. The monoisotopic (exact) mass is 281 g/mol. The van der Waals surface area contributed by atoms with E-state index in [9.17, 15) is 9.18 Å². The number of nitrogens with one attached hydrogen (secondary N) is 1. The smallest absolute Gasteiger partial charge is 0.251 e. The zero-order chi connectivity index (χ0) is 13.8. The van der Waals surface area contributed by atoms with Gasteiger partial charge in [-0.15, -0.1) is 0 Å². The van der Waals surface area contributed by atoms with Crippen molar-refractivity contribution in [3.05, 3.63) is 52.6 Å². The third-order valence-electron chi connectivity index (χ3n) is 2.72. The lowest BCUT2D eigenvalue weighted by atomic mass is 10.2. The van der Waals surface area contributed by atoms with Crippen LogP contribution in [0, 0.1) is 5.82 Å². The van der Waals surface area contributed by atoms with Crippen LogP contribution in [0.3, 0.4) is 0 Å². The first-order valence-electron chi connectivity index (χ1n) is 5.85. The number of carbonyl (C=O) groups is 1. The maximum atomic E-state index is 12.8. The molecule has 1 aromatic carbocycles. The fourth-order valence-electron chi connectivity index (χ4n) is 1.70. The van der Waals surface area contributed by atoms with E-state index in [1.54, 1.807) is 10.9 Å². The van der Waals surface area contributed by atoms with E-state index in [1.807, 2.05) is 6.92 Å². The van der Waals surface area contributed by atoms with Crippen molar-refractivity contribution >= 4 is 17.5 Å². The summed E-state index contributed by atoms with van der Waals surface area (Å²) in [5.74, 6) is -0.649. The molecule has 0 atom stereocenters. The summed E-state index contributed by atoms with van der Waals surface area (Å²) in [5.41, 5.74) is 1.15. The maximum Gasteiger partial charge on any atom is 0.251 e. The summed E-state index contributed by atoms with van der Waals surface area (Å²) in [6, 6.07) is 5.36. The average Bonchev–Trinajstić information content (AvgIpc) is 2.77. The minimum atomic E-state index is -0.372. The summed E-state index contributed by atoms with van der Waals surface area (Å²) < 4.78 is 14.5. The molecule has 2 rings (SSSR count). The summed E-state index contributed by atoms with van der Waals surface area (Å²) in [7, 11) is 0. The molecular formula is C13H13ClFN3O. The number of aromatic nitrogens is 2. The zero-order valence-electron chi connectivity index (χ0n) is 10.4. The quantitative estimate of drug-likeness (QED) is 0.936.